The van der Waals surface area contributed by atoms with Gasteiger partial charge < -0.3 is 4.42 Å². The van der Waals surface area contributed by atoms with Gasteiger partial charge in [0.1, 0.15) is 11.2 Å². The molecule has 0 N–H and O–H groups in total. The summed E-state index contributed by atoms with van der Waals surface area (Å²) in [5.41, 5.74) is 5.09. The molecule has 0 bridgehead atoms. The average molecular weight is 655 g/mol. The molecule has 0 aliphatic carbocycles. The molecule has 1 heterocycles. The van der Waals surface area contributed by atoms with E-state index in [2.05, 4.69) is 36.4 Å². The lowest BCUT2D eigenvalue weighted by Gasteiger charge is -2.18. The maximum absolute atomic E-state index is 9.51. The van der Waals surface area contributed by atoms with Crippen molar-refractivity contribution in [3.05, 3.63) is 182 Å². The zero-order valence-electron chi connectivity index (χ0n) is 35.1. The molecule has 0 atom stereocenters. The Morgan fingerprint density at radius 2 is 0.941 bits per heavy atom. The molecule has 1 aromatic heterocycles. The van der Waals surface area contributed by atoms with Gasteiger partial charge in [0.25, 0.3) is 0 Å². The van der Waals surface area contributed by atoms with Crippen molar-refractivity contribution in [2.45, 2.75) is 0 Å². The second-order valence-corrected chi connectivity index (χ2v) is 13.0. The first-order valence-corrected chi connectivity index (χ1v) is 16.9. The summed E-state index contributed by atoms with van der Waals surface area (Å²) in [5.74, 6) is 0. The van der Waals surface area contributed by atoms with Crippen molar-refractivity contribution in [1.82, 2.24) is 0 Å². The number of fused-ring (bicyclic) bond motifs is 9. The summed E-state index contributed by atoms with van der Waals surface area (Å²) in [6.07, 6.45) is 0. The molecule has 51 heavy (non-hydrogen) atoms. The van der Waals surface area contributed by atoms with E-state index in [0.29, 0.717) is 38.8 Å². The van der Waals surface area contributed by atoms with Gasteiger partial charge in [-0.2, -0.15) is 0 Å². The van der Waals surface area contributed by atoms with Crippen LogP contribution in [0.2, 0.25) is 0 Å². The van der Waals surface area contributed by atoms with Gasteiger partial charge in [0.2, 0.25) is 0 Å². The van der Waals surface area contributed by atoms with Gasteiger partial charge in [-0.15, -0.1) is 0 Å². The molecule has 0 fully saturated rings. The zero-order valence-corrected chi connectivity index (χ0v) is 27.1. The van der Waals surface area contributed by atoms with E-state index >= 15 is 0 Å². The number of hydrogen-bond acceptors (Lipinski definition) is 1. The first kappa shape index (κ1) is 21.4. The molecule has 0 saturated heterocycles. The average Bonchev–Trinajstić information content (AvgIpc) is 3.64. The maximum atomic E-state index is 9.51. The standard InChI is InChI=1S/C50H30O/c1-2-11-31(12-3-1)34-23-25-38-35(27-34)21-22-36-28-37(24-26-39(36)38)48-40-15-6-8-17-42(40)49(43-18-9-7-16-41(43)48)44-19-10-20-46-50(44)45-29-32-13-4-5-14-33(32)30-47(45)51-46/h1-30H/i6D,7D,8D,9D,15D,16D,17D,18D. The van der Waals surface area contributed by atoms with Crippen molar-refractivity contribution in [3.8, 4) is 33.4 Å². The van der Waals surface area contributed by atoms with E-state index in [1.54, 1.807) is 6.07 Å². The van der Waals surface area contributed by atoms with Gasteiger partial charge in [0, 0.05) is 10.8 Å². The summed E-state index contributed by atoms with van der Waals surface area (Å²) < 4.78 is 80.1. The highest BCUT2D eigenvalue weighted by Crippen LogP contribution is 2.47. The molecule has 1 nitrogen and oxygen atoms in total. The lowest BCUT2D eigenvalue weighted by Crippen LogP contribution is -1.91. The molecule has 10 aromatic carbocycles. The van der Waals surface area contributed by atoms with E-state index in [0.717, 1.165) is 48.8 Å². The largest absolute Gasteiger partial charge is 0.456 e. The minimum absolute atomic E-state index is 0.165. The van der Waals surface area contributed by atoms with Gasteiger partial charge in [-0.05, 0) is 118 Å². The van der Waals surface area contributed by atoms with Crippen LogP contribution in [0.3, 0.4) is 0 Å². The fourth-order valence-electron chi connectivity index (χ4n) is 7.94. The number of hydrogen-bond donors (Lipinski definition) is 0. The Morgan fingerprint density at radius 3 is 1.63 bits per heavy atom. The third-order valence-electron chi connectivity index (χ3n) is 10.2. The Hall–Kier alpha value is -6.70. The molecule has 0 spiro atoms. The molecular weight excluding hydrogens is 617 g/mol. The molecule has 0 aliphatic heterocycles. The number of furan rings is 1. The normalized spacial score (nSPS) is 14.1. The summed E-state index contributed by atoms with van der Waals surface area (Å²) in [6, 6.07) is 40.9. The molecule has 236 valence electrons. The SMILES string of the molecule is [2H]c1c([2H])c([2H])c2c(-c3cccc4oc5cc6ccccc6cc5c34)c3c([2H])c([2H])c([2H])c([2H])c3c(-c3ccc4c(ccc5cc(-c6ccccc6)ccc54)c3)c2c1[2H]. The quantitative estimate of drug-likeness (QED) is 0.136. The van der Waals surface area contributed by atoms with Crippen LogP contribution in [-0.2, 0) is 0 Å². The van der Waals surface area contributed by atoms with Crippen molar-refractivity contribution < 1.29 is 15.4 Å². The van der Waals surface area contributed by atoms with E-state index < -0.39 is 24.2 Å². The van der Waals surface area contributed by atoms with Crippen LogP contribution < -0.4 is 0 Å². The van der Waals surface area contributed by atoms with Crippen LogP contribution in [-0.4, -0.2) is 0 Å². The van der Waals surface area contributed by atoms with Gasteiger partial charge in [-0.1, -0.05) is 151 Å². The third kappa shape index (κ3) is 4.28. The van der Waals surface area contributed by atoms with Gasteiger partial charge in [-0.25, -0.2) is 0 Å². The highest BCUT2D eigenvalue weighted by molar-refractivity contribution is 6.26. The number of rotatable bonds is 3. The van der Waals surface area contributed by atoms with E-state index in [1.807, 2.05) is 91.0 Å². The van der Waals surface area contributed by atoms with Crippen LogP contribution in [0, 0.1) is 0 Å². The summed E-state index contributed by atoms with van der Waals surface area (Å²) in [4.78, 5) is 0. The van der Waals surface area contributed by atoms with Crippen molar-refractivity contribution in [3.63, 3.8) is 0 Å². The Bertz CT molecular complexity index is 3570. The zero-order chi connectivity index (χ0) is 40.4. The Morgan fingerprint density at radius 1 is 0.353 bits per heavy atom. The van der Waals surface area contributed by atoms with E-state index in [1.165, 1.54) is 0 Å². The predicted molar refractivity (Wildman–Crippen MR) is 218 cm³/mol. The first-order valence-electron chi connectivity index (χ1n) is 20.9. The summed E-state index contributed by atoms with van der Waals surface area (Å²) in [6.45, 7) is 0. The van der Waals surface area contributed by atoms with Gasteiger partial charge >= 0.3 is 0 Å². The molecule has 0 radical (unpaired) electrons. The molecule has 0 aliphatic rings. The fourth-order valence-corrected chi connectivity index (χ4v) is 7.94. The summed E-state index contributed by atoms with van der Waals surface area (Å²) in [7, 11) is 0. The molecule has 11 aromatic rings. The maximum Gasteiger partial charge on any atom is 0.136 e. The second kappa shape index (κ2) is 10.9. The summed E-state index contributed by atoms with van der Waals surface area (Å²) >= 11 is 0. The molecule has 11 rings (SSSR count). The first-order chi connectivity index (χ1) is 28.6. The predicted octanol–water partition coefficient (Wildman–Crippen LogP) is 14.4. The third-order valence-corrected chi connectivity index (χ3v) is 10.2. The van der Waals surface area contributed by atoms with Crippen LogP contribution >= 0.6 is 0 Å². The van der Waals surface area contributed by atoms with Crippen LogP contribution in [0.15, 0.2) is 186 Å². The molecule has 0 saturated carbocycles. The second-order valence-electron chi connectivity index (χ2n) is 13.0. The smallest absolute Gasteiger partial charge is 0.136 e. The van der Waals surface area contributed by atoms with E-state index in [4.69, 9.17) is 9.90 Å². The van der Waals surface area contributed by atoms with Crippen molar-refractivity contribution in [1.29, 1.82) is 0 Å². The van der Waals surface area contributed by atoms with Crippen molar-refractivity contribution in [2.24, 2.45) is 0 Å². The van der Waals surface area contributed by atoms with Crippen LogP contribution in [0.1, 0.15) is 11.0 Å². The highest BCUT2D eigenvalue weighted by Gasteiger charge is 2.20. The van der Waals surface area contributed by atoms with Crippen LogP contribution in [0.5, 0.6) is 0 Å². The topological polar surface area (TPSA) is 13.1 Å². The molecule has 1 heteroatoms. The van der Waals surface area contributed by atoms with E-state index in [-0.39, 0.29) is 45.7 Å². The Balaban J connectivity index is 1.28. The molecule has 0 amide bonds. The van der Waals surface area contributed by atoms with Crippen molar-refractivity contribution in [2.75, 3.05) is 0 Å². The Kier molecular flexibility index (Phi) is 4.57. The fraction of sp³-hybridized carbons (Fsp3) is 0. The van der Waals surface area contributed by atoms with E-state index in [9.17, 15) is 5.48 Å². The molecule has 0 unspecified atom stereocenters. The van der Waals surface area contributed by atoms with Gasteiger partial charge in [-0.3, -0.25) is 0 Å². The lowest BCUT2D eigenvalue weighted by atomic mass is 9.84. The van der Waals surface area contributed by atoms with Crippen molar-refractivity contribution >= 4 is 75.8 Å². The highest BCUT2D eigenvalue weighted by atomic mass is 16.3. The van der Waals surface area contributed by atoms with Gasteiger partial charge in [0.15, 0.2) is 0 Å². The lowest BCUT2D eigenvalue weighted by molar-refractivity contribution is 0.669. The minimum Gasteiger partial charge on any atom is -0.456 e. The van der Waals surface area contributed by atoms with Gasteiger partial charge in [0.05, 0.1) is 11.0 Å². The summed E-state index contributed by atoms with van der Waals surface area (Å²) in [5, 5.41) is 8.04. The van der Waals surface area contributed by atoms with Crippen LogP contribution in [0.4, 0.5) is 0 Å². The Labute approximate surface area is 305 Å². The minimum atomic E-state index is -0.440. The number of benzene rings is 10. The molecular formula is C50H30O. The van der Waals surface area contributed by atoms with Crippen LogP contribution in [0.25, 0.3) is 109 Å². The monoisotopic (exact) mass is 654 g/mol.